The number of hydrogen-bond acceptors (Lipinski definition) is 5. The van der Waals surface area contributed by atoms with Crippen LogP contribution in [0.15, 0.2) is 0 Å². The van der Waals surface area contributed by atoms with E-state index in [2.05, 4.69) is 0 Å². The monoisotopic (exact) mass is 302 g/mol. The highest BCUT2D eigenvalue weighted by Crippen LogP contribution is 2.08. The lowest BCUT2D eigenvalue weighted by Gasteiger charge is -2.04. The summed E-state index contributed by atoms with van der Waals surface area (Å²) >= 11 is 0. The summed E-state index contributed by atoms with van der Waals surface area (Å²) in [6, 6.07) is 0. The Hall–Kier alpha value is -1.43. The van der Waals surface area contributed by atoms with Crippen molar-refractivity contribution < 1.29 is 29.3 Å². The molecule has 0 saturated carbocycles. The van der Waals surface area contributed by atoms with Crippen molar-refractivity contribution >= 4 is 17.7 Å². The van der Waals surface area contributed by atoms with Crippen LogP contribution in [0.4, 0.5) is 0 Å². The van der Waals surface area contributed by atoms with Crippen LogP contribution in [0.3, 0.4) is 0 Å². The first-order valence-electron chi connectivity index (χ1n) is 7.60. The number of aliphatic hydroxyl groups is 1. The second-order valence-corrected chi connectivity index (χ2v) is 5.00. The van der Waals surface area contributed by atoms with E-state index in [9.17, 15) is 14.4 Å². The second kappa shape index (κ2) is 13.5. The van der Waals surface area contributed by atoms with Gasteiger partial charge in [0.1, 0.15) is 0 Å². The Balaban J connectivity index is 3.36. The summed E-state index contributed by atoms with van der Waals surface area (Å²) < 4.78 is 4.79. The van der Waals surface area contributed by atoms with Gasteiger partial charge in [-0.1, -0.05) is 38.5 Å². The fourth-order valence-electron chi connectivity index (χ4n) is 1.84. The molecule has 21 heavy (non-hydrogen) atoms. The number of Topliss-reactive ketones (excluding diaryl/α,β-unsaturated/α-hetero) is 1. The highest BCUT2D eigenvalue weighted by molar-refractivity contribution is 6.33. The molecule has 0 aromatic carbocycles. The number of unbranched alkanes of at least 4 members (excludes halogenated alkanes) is 7. The maximum Gasteiger partial charge on any atom is 0.374 e. The van der Waals surface area contributed by atoms with E-state index >= 15 is 0 Å². The van der Waals surface area contributed by atoms with E-state index in [4.69, 9.17) is 14.9 Å². The predicted octanol–water partition coefficient (Wildman–Crippen LogP) is 2.08. The average Bonchev–Trinajstić information content (AvgIpc) is 2.46. The van der Waals surface area contributed by atoms with Gasteiger partial charge in [0.15, 0.2) is 0 Å². The number of carbonyl (C=O) groups is 3. The van der Waals surface area contributed by atoms with E-state index in [1.807, 2.05) is 0 Å². The summed E-state index contributed by atoms with van der Waals surface area (Å²) in [7, 11) is 0. The fraction of sp³-hybridized carbons (Fsp3) is 0.800. The van der Waals surface area contributed by atoms with Crippen molar-refractivity contribution in [2.45, 2.75) is 64.2 Å². The van der Waals surface area contributed by atoms with Gasteiger partial charge in [-0.15, -0.1) is 0 Å². The highest BCUT2D eigenvalue weighted by atomic mass is 16.5. The molecule has 0 aromatic rings. The van der Waals surface area contributed by atoms with Crippen LogP contribution in [0.2, 0.25) is 0 Å². The molecule has 0 aliphatic carbocycles. The SMILES string of the molecule is O=C(O)CCC(=O)C(=O)OCCCCCCCCCCO. The molecule has 0 amide bonds. The Bertz CT molecular complexity index is 313. The van der Waals surface area contributed by atoms with Crippen molar-refractivity contribution in [3.63, 3.8) is 0 Å². The minimum absolute atomic E-state index is 0.210. The zero-order chi connectivity index (χ0) is 15.9. The Morgan fingerprint density at radius 2 is 1.29 bits per heavy atom. The van der Waals surface area contributed by atoms with Gasteiger partial charge in [0.2, 0.25) is 5.78 Å². The van der Waals surface area contributed by atoms with Crippen molar-refractivity contribution in [1.29, 1.82) is 0 Å². The lowest BCUT2D eigenvalue weighted by atomic mass is 10.1. The van der Waals surface area contributed by atoms with Gasteiger partial charge in [0.05, 0.1) is 13.0 Å². The Labute approximate surface area is 125 Å². The smallest absolute Gasteiger partial charge is 0.374 e. The standard InChI is InChI=1S/C15H26O6/c16-11-7-5-3-1-2-4-6-8-12-21-15(20)13(17)9-10-14(18)19/h16H,1-12H2,(H,18,19). The van der Waals surface area contributed by atoms with E-state index in [1.165, 1.54) is 0 Å². The molecule has 0 fully saturated rings. The molecule has 0 bridgehead atoms. The number of ether oxygens (including phenoxy) is 1. The molecule has 0 aliphatic rings. The van der Waals surface area contributed by atoms with Gasteiger partial charge in [-0.05, 0) is 12.8 Å². The predicted molar refractivity (Wildman–Crippen MR) is 76.9 cm³/mol. The van der Waals surface area contributed by atoms with Crippen LogP contribution in [0.25, 0.3) is 0 Å². The first-order chi connectivity index (χ1) is 10.1. The van der Waals surface area contributed by atoms with E-state index in [1.54, 1.807) is 0 Å². The van der Waals surface area contributed by atoms with E-state index in [0.29, 0.717) is 6.42 Å². The fourth-order valence-corrected chi connectivity index (χ4v) is 1.84. The Kier molecular flexibility index (Phi) is 12.6. The van der Waals surface area contributed by atoms with Gasteiger partial charge >= 0.3 is 11.9 Å². The van der Waals surface area contributed by atoms with Gasteiger partial charge in [0.25, 0.3) is 0 Å². The van der Waals surface area contributed by atoms with Crippen molar-refractivity contribution in [3.05, 3.63) is 0 Å². The van der Waals surface area contributed by atoms with E-state index in [0.717, 1.165) is 44.9 Å². The van der Waals surface area contributed by atoms with Crippen LogP contribution in [0, 0.1) is 0 Å². The summed E-state index contributed by atoms with van der Waals surface area (Å²) in [6.45, 7) is 0.471. The zero-order valence-electron chi connectivity index (χ0n) is 12.5. The Morgan fingerprint density at radius 1 is 0.762 bits per heavy atom. The minimum Gasteiger partial charge on any atom is -0.481 e. The molecule has 6 nitrogen and oxygen atoms in total. The molecule has 0 aliphatic heterocycles. The lowest BCUT2D eigenvalue weighted by molar-refractivity contribution is -0.154. The summed E-state index contributed by atoms with van der Waals surface area (Å²) in [5, 5.41) is 17.0. The number of aliphatic hydroxyl groups excluding tert-OH is 1. The summed E-state index contributed by atoms with van der Waals surface area (Å²) in [6.07, 6.45) is 7.40. The van der Waals surface area contributed by atoms with E-state index in [-0.39, 0.29) is 26.1 Å². The van der Waals surface area contributed by atoms with Crippen LogP contribution in [0.5, 0.6) is 0 Å². The molecule has 0 atom stereocenters. The number of rotatable bonds is 14. The molecule has 0 aromatic heterocycles. The highest BCUT2D eigenvalue weighted by Gasteiger charge is 2.16. The van der Waals surface area contributed by atoms with Crippen LogP contribution < -0.4 is 0 Å². The zero-order valence-corrected chi connectivity index (χ0v) is 12.5. The molecular formula is C15H26O6. The molecular weight excluding hydrogens is 276 g/mol. The minimum atomic E-state index is -1.10. The van der Waals surface area contributed by atoms with Crippen LogP contribution in [-0.2, 0) is 19.1 Å². The number of carboxylic acid groups (broad SMARTS) is 1. The van der Waals surface area contributed by atoms with Crippen molar-refractivity contribution in [2.75, 3.05) is 13.2 Å². The Morgan fingerprint density at radius 3 is 1.81 bits per heavy atom. The number of carbonyl (C=O) groups excluding carboxylic acids is 2. The van der Waals surface area contributed by atoms with Gasteiger partial charge < -0.3 is 14.9 Å². The molecule has 0 spiro atoms. The quantitative estimate of drug-likeness (QED) is 0.289. The van der Waals surface area contributed by atoms with Crippen molar-refractivity contribution in [3.8, 4) is 0 Å². The van der Waals surface area contributed by atoms with Gasteiger partial charge in [-0.2, -0.15) is 0 Å². The second-order valence-electron chi connectivity index (χ2n) is 5.00. The maximum atomic E-state index is 11.2. The number of carboxylic acids is 1. The van der Waals surface area contributed by atoms with Crippen LogP contribution in [-0.4, -0.2) is 41.1 Å². The van der Waals surface area contributed by atoms with E-state index < -0.39 is 17.7 Å². The van der Waals surface area contributed by atoms with Gasteiger partial charge in [0, 0.05) is 13.0 Å². The third-order valence-electron chi connectivity index (χ3n) is 3.08. The average molecular weight is 302 g/mol. The molecule has 0 unspecified atom stereocenters. The first kappa shape index (κ1) is 19.6. The van der Waals surface area contributed by atoms with Gasteiger partial charge in [-0.3, -0.25) is 9.59 Å². The van der Waals surface area contributed by atoms with Crippen molar-refractivity contribution in [1.82, 2.24) is 0 Å². The number of ketones is 1. The van der Waals surface area contributed by atoms with Crippen LogP contribution in [0.1, 0.15) is 64.2 Å². The molecule has 6 heteroatoms. The maximum absolute atomic E-state index is 11.2. The van der Waals surface area contributed by atoms with Gasteiger partial charge in [-0.25, -0.2) is 4.79 Å². The third kappa shape index (κ3) is 13.3. The number of hydrogen-bond donors (Lipinski definition) is 2. The summed E-state index contributed by atoms with van der Waals surface area (Å²) in [4.78, 5) is 32.6. The topological polar surface area (TPSA) is 101 Å². The summed E-state index contributed by atoms with van der Waals surface area (Å²) in [5.74, 6) is -2.81. The lowest BCUT2D eigenvalue weighted by Crippen LogP contribution is -2.18. The number of esters is 1. The third-order valence-corrected chi connectivity index (χ3v) is 3.08. The molecule has 0 saturated heterocycles. The molecule has 122 valence electrons. The molecule has 0 rings (SSSR count). The molecule has 0 heterocycles. The normalized spacial score (nSPS) is 10.3. The largest absolute Gasteiger partial charge is 0.481 e. The number of aliphatic carboxylic acids is 1. The molecule has 0 radical (unpaired) electrons. The first-order valence-corrected chi connectivity index (χ1v) is 7.60. The molecule has 2 N–H and O–H groups in total. The summed E-state index contributed by atoms with van der Waals surface area (Å²) in [5.41, 5.74) is 0. The van der Waals surface area contributed by atoms with Crippen LogP contribution >= 0.6 is 0 Å². The van der Waals surface area contributed by atoms with Crippen molar-refractivity contribution in [2.24, 2.45) is 0 Å².